The quantitative estimate of drug-likeness (QED) is 0.857. The SMILES string of the molecule is Cc1ccc(C(C#N)N2CCC(c3ccccc3)=N2)cc1. The molecule has 0 N–H and O–H groups in total. The molecule has 0 saturated heterocycles. The minimum absolute atomic E-state index is 0.313. The van der Waals surface area contributed by atoms with E-state index in [0.29, 0.717) is 0 Å². The molecule has 2 aromatic carbocycles. The predicted molar refractivity (Wildman–Crippen MR) is 83.8 cm³/mol. The summed E-state index contributed by atoms with van der Waals surface area (Å²) in [5, 5.41) is 16.1. The second-order valence-electron chi connectivity index (χ2n) is 5.27. The molecule has 2 aromatic rings. The molecule has 0 fully saturated rings. The van der Waals surface area contributed by atoms with Crippen LogP contribution in [0.1, 0.15) is 29.2 Å². The van der Waals surface area contributed by atoms with Crippen molar-refractivity contribution in [2.45, 2.75) is 19.4 Å². The maximum Gasteiger partial charge on any atom is 0.158 e. The van der Waals surface area contributed by atoms with Crippen LogP contribution in [0.15, 0.2) is 59.7 Å². The van der Waals surface area contributed by atoms with Crippen LogP contribution in [0.5, 0.6) is 0 Å². The number of hydrazone groups is 1. The van der Waals surface area contributed by atoms with Gasteiger partial charge in [-0.25, -0.2) is 0 Å². The van der Waals surface area contributed by atoms with Gasteiger partial charge < -0.3 is 0 Å². The molecule has 3 nitrogen and oxygen atoms in total. The summed E-state index contributed by atoms with van der Waals surface area (Å²) in [5.74, 6) is 0. The smallest absolute Gasteiger partial charge is 0.158 e. The van der Waals surface area contributed by atoms with Crippen molar-refractivity contribution in [3.63, 3.8) is 0 Å². The number of aryl methyl sites for hydroxylation is 1. The van der Waals surface area contributed by atoms with Gasteiger partial charge in [-0.15, -0.1) is 0 Å². The zero-order chi connectivity index (χ0) is 14.7. The summed E-state index contributed by atoms with van der Waals surface area (Å²) < 4.78 is 0. The lowest BCUT2D eigenvalue weighted by Crippen LogP contribution is -2.20. The third kappa shape index (κ3) is 2.80. The number of hydrogen-bond donors (Lipinski definition) is 0. The summed E-state index contributed by atoms with van der Waals surface area (Å²) >= 11 is 0. The molecule has 104 valence electrons. The Hall–Kier alpha value is -2.60. The minimum atomic E-state index is -0.313. The predicted octanol–water partition coefficient (Wildman–Crippen LogP) is 3.67. The molecule has 1 heterocycles. The second kappa shape index (κ2) is 5.80. The van der Waals surface area contributed by atoms with E-state index in [1.165, 1.54) is 5.56 Å². The second-order valence-corrected chi connectivity index (χ2v) is 5.27. The van der Waals surface area contributed by atoms with E-state index in [0.717, 1.165) is 29.8 Å². The molecular formula is C18H17N3. The van der Waals surface area contributed by atoms with Gasteiger partial charge in [0.2, 0.25) is 0 Å². The Morgan fingerprint density at radius 2 is 1.81 bits per heavy atom. The van der Waals surface area contributed by atoms with E-state index in [1.54, 1.807) is 0 Å². The van der Waals surface area contributed by atoms with Crippen molar-refractivity contribution in [1.82, 2.24) is 5.01 Å². The maximum absolute atomic E-state index is 9.51. The highest BCUT2D eigenvalue weighted by atomic mass is 15.5. The fourth-order valence-electron chi connectivity index (χ4n) is 2.56. The molecule has 0 spiro atoms. The van der Waals surface area contributed by atoms with Crippen LogP contribution in [-0.4, -0.2) is 17.3 Å². The highest BCUT2D eigenvalue weighted by Crippen LogP contribution is 2.25. The van der Waals surface area contributed by atoms with Crippen molar-refractivity contribution in [1.29, 1.82) is 5.26 Å². The highest BCUT2D eigenvalue weighted by molar-refractivity contribution is 6.01. The molecule has 1 unspecified atom stereocenters. The first kappa shape index (κ1) is 13.4. The Labute approximate surface area is 125 Å². The third-order valence-corrected chi connectivity index (χ3v) is 3.75. The van der Waals surface area contributed by atoms with Crippen LogP contribution in [0.25, 0.3) is 0 Å². The standard InChI is InChI=1S/C18H17N3/c1-14-7-9-16(10-8-14)18(13-19)21-12-11-17(20-21)15-5-3-2-4-6-15/h2-10,18H,11-12H2,1H3. The van der Waals surface area contributed by atoms with E-state index in [2.05, 4.69) is 23.3 Å². The van der Waals surface area contributed by atoms with Gasteiger partial charge in [0.1, 0.15) is 0 Å². The first-order valence-electron chi connectivity index (χ1n) is 7.13. The summed E-state index contributed by atoms with van der Waals surface area (Å²) in [6.45, 7) is 2.84. The van der Waals surface area contributed by atoms with Crippen LogP contribution in [0.4, 0.5) is 0 Å². The van der Waals surface area contributed by atoms with E-state index in [-0.39, 0.29) is 6.04 Å². The van der Waals surface area contributed by atoms with Crippen molar-refractivity contribution >= 4 is 5.71 Å². The lowest BCUT2D eigenvalue weighted by Gasteiger charge is -2.20. The third-order valence-electron chi connectivity index (χ3n) is 3.75. The van der Waals surface area contributed by atoms with Crippen molar-refractivity contribution in [3.8, 4) is 6.07 Å². The van der Waals surface area contributed by atoms with Gasteiger partial charge in [-0.1, -0.05) is 60.2 Å². The van der Waals surface area contributed by atoms with Crippen LogP contribution in [-0.2, 0) is 0 Å². The Morgan fingerprint density at radius 3 is 2.48 bits per heavy atom. The van der Waals surface area contributed by atoms with Gasteiger partial charge in [-0.3, -0.25) is 5.01 Å². The molecule has 1 aliphatic heterocycles. The molecule has 1 atom stereocenters. The molecule has 0 amide bonds. The Kier molecular flexibility index (Phi) is 3.70. The van der Waals surface area contributed by atoms with Crippen LogP contribution < -0.4 is 0 Å². The number of rotatable bonds is 3. The molecule has 0 saturated carbocycles. The highest BCUT2D eigenvalue weighted by Gasteiger charge is 2.24. The van der Waals surface area contributed by atoms with Crippen molar-refractivity contribution < 1.29 is 0 Å². The van der Waals surface area contributed by atoms with Crippen LogP contribution >= 0.6 is 0 Å². The first-order chi connectivity index (χ1) is 10.3. The zero-order valence-electron chi connectivity index (χ0n) is 12.0. The fraction of sp³-hybridized carbons (Fsp3) is 0.222. The van der Waals surface area contributed by atoms with Gasteiger partial charge in [0.05, 0.1) is 11.8 Å². The van der Waals surface area contributed by atoms with E-state index in [1.807, 2.05) is 54.4 Å². The largest absolute Gasteiger partial charge is 0.275 e. The number of nitriles is 1. The van der Waals surface area contributed by atoms with E-state index >= 15 is 0 Å². The van der Waals surface area contributed by atoms with E-state index in [9.17, 15) is 5.26 Å². The molecule has 3 rings (SSSR count). The maximum atomic E-state index is 9.51. The topological polar surface area (TPSA) is 39.4 Å². The number of hydrogen-bond acceptors (Lipinski definition) is 3. The number of nitrogens with zero attached hydrogens (tertiary/aromatic N) is 3. The van der Waals surface area contributed by atoms with Crippen LogP contribution in [0, 0.1) is 18.3 Å². The summed E-state index contributed by atoms with van der Waals surface area (Å²) in [5.41, 5.74) is 4.40. The average Bonchev–Trinajstić information content (AvgIpc) is 3.00. The van der Waals surface area contributed by atoms with Gasteiger partial charge in [0, 0.05) is 13.0 Å². The molecule has 21 heavy (non-hydrogen) atoms. The average molecular weight is 275 g/mol. The Balaban J connectivity index is 1.85. The molecule has 0 aliphatic carbocycles. The summed E-state index contributed by atoms with van der Waals surface area (Å²) in [4.78, 5) is 0. The van der Waals surface area contributed by atoms with Gasteiger partial charge in [0.15, 0.2) is 6.04 Å². The lowest BCUT2D eigenvalue weighted by atomic mass is 10.1. The van der Waals surface area contributed by atoms with Crippen LogP contribution in [0.2, 0.25) is 0 Å². The van der Waals surface area contributed by atoms with E-state index < -0.39 is 0 Å². The first-order valence-corrected chi connectivity index (χ1v) is 7.13. The summed E-state index contributed by atoms with van der Waals surface area (Å²) in [6, 6.07) is 20.3. The Bertz CT molecular complexity index is 681. The molecule has 3 heteroatoms. The van der Waals surface area contributed by atoms with Crippen molar-refractivity contribution in [3.05, 3.63) is 71.3 Å². The van der Waals surface area contributed by atoms with Crippen molar-refractivity contribution in [2.75, 3.05) is 6.54 Å². The molecule has 0 bridgehead atoms. The van der Waals surface area contributed by atoms with Crippen molar-refractivity contribution in [2.24, 2.45) is 5.10 Å². The Morgan fingerprint density at radius 1 is 1.10 bits per heavy atom. The molecular weight excluding hydrogens is 258 g/mol. The van der Waals surface area contributed by atoms with Gasteiger partial charge in [-0.2, -0.15) is 10.4 Å². The van der Waals surface area contributed by atoms with Gasteiger partial charge in [-0.05, 0) is 18.1 Å². The lowest BCUT2D eigenvalue weighted by molar-refractivity contribution is 0.275. The molecule has 1 aliphatic rings. The van der Waals surface area contributed by atoms with Crippen LogP contribution in [0.3, 0.4) is 0 Å². The molecule has 0 aromatic heterocycles. The van der Waals surface area contributed by atoms with Gasteiger partial charge in [0.25, 0.3) is 0 Å². The number of benzene rings is 2. The zero-order valence-corrected chi connectivity index (χ0v) is 12.0. The monoisotopic (exact) mass is 275 g/mol. The summed E-state index contributed by atoms with van der Waals surface area (Å²) in [6.07, 6.45) is 0.883. The fourth-order valence-corrected chi connectivity index (χ4v) is 2.56. The summed E-state index contributed by atoms with van der Waals surface area (Å²) in [7, 11) is 0. The molecule has 0 radical (unpaired) electrons. The normalized spacial score (nSPS) is 15.4. The minimum Gasteiger partial charge on any atom is -0.275 e. The van der Waals surface area contributed by atoms with E-state index in [4.69, 9.17) is 0 Å². The van der Waals surface area contributed by atoms with Gasteiger partial charge >= 0.3 is 0 Å².